The van der Waals surface area contributed by atoms with Crippen LogP contribution in [-0.4, -0.2) is 15.7 Å². The number of carbonyl (C=O) groups excluding carboxylic acids is 1. The lowest BCUT2D eigenvalue weighted by Gasteiger charge is -1.98. The van der Waals surface area contributed by atoms with Crippen LogP contribution >= 0.6 is 15.9 Å². The fourth-order valence-corrected chi connectivity index (χ4v) is 1.52. The van der Waals surface area contributed by atoms with Crippen LogP contribution in [0.25, 0.3) is 0 Å². The molecule has 14 heavy (non-hydrogen) atoms. The summed E-state index contributed by atoms with van der Waals surface area (Å²) in [4.78, 5) is 11.1. The molecular weight excluding hydrogens is 246 g/mol. The molecule has 1 N–H and O–H groups in total. The van der Waals surface area contributed by atoms with Gasteiger partial charge in [0.2, 0.25) is 5.91 Å². The Kier molecular flexibility index (Phi) is 3.88. The van der Waals surface area contributed by atoms with E-state index in [1.165, 1.54) is 6.08 Å². The van der Waals surface area contributed by atoms with Gasteiger partial charge < -0.3 is 5.32 Å². The van der Waals surface area contributed by atoms with Gasteiger partial charge >= 0.3 is 0 Å². The molecule has 76 valence electrons. The number of aryl methyl sites for hydroxylation is 1. The first kappa shape index (κ1) is 11.0. The third kappa shape index (κ3) is 2.99. The molecule has 0 fully saturated rings. The minimum Gasteiger partial charge on any atom is -0.347 e. The van der Waals surface area contributed by atoms with Gasteiger partial charge in [0.05, 0.1) is 16.7 Å². The minimum absolute atomic E-state index is 0.106. The van der Waals surface area contributed by atoms with Crippen molar-refractivity contribution in [3.05, 3.63) is 28.5 Å². The van der Waals surface area contributed by atoms with Crippen molar-refractivity contribution in [1.29, 1.82) is 0 Å². The van der Waals surface area contributed by atoms with E-state index < -0.39 is 0 Å². The highest BCUT2D eigenvalue weighted by atomic mass is 79.9. The molecule has 0 atom stereocenters. The van der Waals surface area contributed by atoms with Crippen molar-refractivity contribution >= 4 is 21.8 Å². The highest BCUT2D eigenvalue weighted by molar-refractivity contribution is 9.10. The third-order valence-corrected chi connectivity index (χ3v) is 2.26. The van der Waals surface area contributed by atoms with Crippen LogP contribution in [0.2, 0.25) is 0 Å². The number of aromatic nitrogens is 2. The van der Waals surface area contributed by atoms with Crippen LogP contribution in [0.3, 0.4) is 0 Å². The molecule has 1 aromatic heterocycles. The summed E-state index contributed by atoms with van der Waals surface area (Å²) >= 11 is 3.35. The zero-order valence-corrected chi connectivity index (χ0v) is 9.71. The molecular formula is C9H12BrN3O. The maximum absolute atomic E-state index is 11.1. The normalized spacial score (nSPS) is 10.8. The number of amides is 1. The molecule has 0 aromatic carbocycles. The lowest BCUT2D eigenvalue weighted by molar-refractivity contribution is -0.116. The molecule has 0 radical (unpaired) electrons. The Hall–Kier alpha value is -1.10. The van der Waals surface area contributed by atoms with Gasteiger partial charge in [-0.15, -0.1) is 0 Å². The number of rotatable bonds is 3. The van der Waals surface area contributed by atoms with Crippen molar-refractivity contribution < 1.29 is 4.79 Å². The second kappa shape index (κ2) is 4.95. The van der Waals surface area contributed by atoms with Crippen molar-refractivity contribution in [3.8, 4) is 0 Å². The maximum atomic E-state index is 11.1. The summed E-state index contributed by atoms with van der Waals surface area (Å²) in [6, 6.07) is 0. The second-order valence-corrected chi connectivity index (χ2v) is 3.67. The van der Waals surface area contributed by atoms with Crippen molar-refractivity contribution in [1.82, 2.24) is 15.1 Å². The first-order valence-electron chi connectivity index (χ1n) is 4.22. The van der Waals surface area contributed by atoms with Crippen LogP contribution in [0.1, 0.15) is 12.6 Å². The minimum atomic E-state index is -0.106. The van der Waals surface area contributed by atoms with Gasteiger partial charge in [0, 0.05) is 13.2 Å². The first-order chi connectivity index (χ1) is 6.63. The van der Waals surface area contributed by atoms with Crippen LogP contribution in [0.4, 0.5) is 0 Å². The summed E-state index contributed by atoms with van der Waals surface area (Å²) in [5, 5.41) is 6.90. The Balaban J connectivity index is 2.53. The number of hydrogen-bond acceptors (Lipinski definition) is 2. The molecule has 5 heteroatoms. The molecule has 0 saturated heterocycles. The van der Waals surface area contributed by atoms with Crippen molar-refractivity contribution in [2.75, 3.05) is 0 Å². The molecule has 0 aliphatic rings. The second-order valence-electron chi connectivity index (χ2n) is 2.82. The van der Waals surface area contributed by atoms with Crippen molar-refractivity contribution in [3.63, 3.8) is 0 Å². The Morgan fingerprint density at radius 1 is 1.79 bits per heavy atom. The summed E-state index contributed by atoms with van der Waals surface area (Å²) in [5.74, 6) is -0.106. The predicted molar refractivity (Wildman–Crippen MR) is 57.6 cm³/mol. The zero-order valence-electron chi connectivity index (χ0n) is 8.12. The number of carbonyl (C=O) groups is 1. The fourth-order valence-electron chi connectivity index (χ4n) is 1.01. The van der Waals surface area contributed by atoms with Gasteiger partial charge in [-0.2, -0.15) is 5.10 Å². The summed E-state index contributed by atoms with van der Waals surface area (Å²) in [5.41, 5.74) is 0.824. The van der Waals surface area contributed by atoms with E-state index in [1.807, 2.05) is 13.2 Å². The molecule has 1 heterocycles. The van der Waals surface area contributed by atoms with Gasteiger partial charge in [-0.05, 0) is 28.9 Å². The average Bonchev–Trinajstić information content (AvgIpc) is 2.42. The Bertz CT molecular complexity index is 357. The van der Waals surface area contributed by atoms with Gasteiger partial charge in [0.25, 0.3) is 0 Å². The van der Waals surface area contributed by atoms with E-state index in [0.29, 0.717) is 6.54 Å². The SMILES string of the molecule is C/C=C/C(=O)NCc1nn(C)cc1Br. The van der Waals surface area contributed by atoms with Crippen molar-refractivity contribution in [2.24, 2.45) is 7.05 Å². The van der Waals surface area contributed by atoms with Crippen LogP contribution in [0.15, 0.2) is 22.8 Å². The van der Waals surface area contributed by atoms with Gasteiger partial charge in [0.15, 0.2) is 0 Å². The number of nitrogens with one attached hydrogen (secondary N) is 1. The van der Waals surface area contributed by atoms with Crippen LogP contribution in [0, 0.1) is 0 Å². The summed E-state index contributed by atoms with van der Waals surface area (Å²) in [6.07, 6.45) is 5.02. The molecule has 0 spiro atoms. The quantitative estimate of drug-likeness (QED) is 0.832. The molecule has 1 rings (SSSR count). The highest BCUT2D eigenvalue weighted by Crippen LogP contribution is 2.13. The molecule has 0 aliphatic heterocycles. The first-order valence-corrected chi connectivity index (χ1v) is 5.01. The van der Waals surface area contributed by atoms with E-state index in [4.69, 9.17) is 0 Å². The smallest absolute Gasteiger partial charge is 0.243 e. The lowest BCUT2D eigenvalue weighted by Crippen LogP contribution is -2.20. The van der Waals surface area contributed by atoms with E-state index in [2.05, 4.69) is 26.3 Å². The fraction of sp³-hybridized carbons (Fsp3) is 0.333. The van der Waals surface area contributed by atoms with Gasteiger partial charge in [-0.25, -0.2) is 0 Å². The monoisotopic (exact) mass is 257 g/mol. The van der Waals surface area contributed by atoms with Crippen LogP contribution < -0.4 is 5.32 Å². The summed E-state index contributed by atoms with van der Waals surface area (Å²) < 4.78 is 2.60. The number of hydrogen-bond donors (Lipinski definition) is 1. The van der Waals surface area contributed by atoms with Gasteiger partial charge in [0.1, 0.15) is 0 Å². The number of nitrogens with zero attached hydrogens (tertiary/aromatic N) is 2. The topological polar surface area (TPSA) is 46.9 Å². The van der Waals surface area contributed by atoms with E-state index in [9.17, 15) is 4.79 Å². The van der Waals surface area contributed by atoms with Crippen LogP contribution in [-0.2, 0) is 18.4 Å². The van der Waals surface area contributed by atoms with Crippen molar-refractivity contribution in [2.45, 2.75) is 13.5 Å². The van der Waals surface area contributed by atoms with E-state index in [-0.39, 0.29) is 5.91 Å². The summed E-state index contributed by atoms with van der Waals surface area (Å²) in [7, 11) is 1.84. The molecule has 4 nitrogen and oxygen atoms in total. The largest absolute Gasteiger partial charge is 0.347 e. The van der Waals surface area contributed by atoms with Gasteiger partial charge in [-0.1, -0.05) is 6.08 Å². The number of allylic oxidation sites excluding steroid dienone is 1. The molecule has 0 aliphatic carbocycles. The highest BCUT2D eigenvalue weighted by Gasteiger charge is 2.04. The Labute approximate surface area is 91.1 Å². The lowest BCUT2D eigenvalue weighted by atomic mass is 10.4. The molecule has 0 bridgehead atoms. The standard InChI is InChI=1S/C9H12BrN3O/c1-3-4-9(14)11-5-8-7(10)6-13(2)12-8/h3-4,6H,5H2,1-2H3,(H,11,14)/b4-3+. The van der Waals surface area contributed by atoms with Crippen LogP contribution in [0.5, 0.6) is 0 Å². The number of halogens is 1. The predicted octanol–water partition coefficient (Wildman–Crippen LogP) is 1.37. The average molecular weight is 258 g/mol. The maximum Gasteiger partial charge on any atom is 0.243 e. The molecule has 0 saturated carbocycles. The Morgan fingerprint density at radius 3 is 3.00 bits per heavy atom. The molecule has 0 unspecified atom stereocenters. The third-order valence-electron chi connectivity index (χ3n) is 1.60. The van der Waals surface area contributed by atoms with E-state index in [1.54, 1.807) is 17.7 Å². The van der Waals surface area contributed by atoms with E-state index >= 15 is 0 Å². The summed E-state index contributed by atoms with van der Waals surface area (Å²) in [6.45, 7) is 2.24. The molecule has 1 amide bonds. The molecule has 1 aromatic rings. The Morgan fingerprint density at radius 2 is 2.50 bits per heavy atom. The van der Waals surface area contributed by atoms with Gasteiger partial charge in [-0.3, -0.25) is 9.48 Å². The zero-order chi connectivity index (χ0) is 10.6. The van der Waals surface area contributed by atoms with E-state index in [0.717, 1.165) is 10.2 Å².